The third-order valence-electron chi connectivity index (χ3n) is 5.93. The molecule has 10 nitrogen and oxygen atoms in total. The van der Waals surface area contributed by atoms with Gasteiger partial charge in [-0.3, -0.25) is 4.90 Å². The van der Waals surface area contributed by atoms with Gasteiger partial charge in [0.1, 0.15) is 29.4 Å². The van der Waals surface area contributed by atoms with E-state index in [9.17, 15) is 9.90 Å². The molecule has 0 unspecified atom stereocenters. The van der Waals surface area contributed by atoms with Crippen molar-refractivity contribution >= 4 is 39.0 Å². The van der Waals surface area contributed by atoms with Crippen LogP contribution in [0.5, 0.6) is 16.7 Å². The molecule has 11 heteroatoms. The lowest BCUT2D eigenvalue weighted by Gasteiger charge is -2.14. The van der Waals surface area contributed by atoms with Crippen LogP contribution in [0.15, 0.2) is 47.0 Å². The number of hydrogen-bond donors (Lipinski definition) is 1. The van der Waals surface area contributed by atoms with Crippen molar-refractivity contribution in [3.05, 3.63) is 53.7 Å². The summed E-state index contributed by atoms with van der Waals surface area (Å²) in [6, 6.07) is 11.3. The molecule has 1 N–H and O–H groups in total. The number of benzene rings is 2. The number of carboxylic acid groups (broad SMARTS) is 1. The number of amides is 1. The number of fused-ring (bicyclic) bond motifs is 3. The van der Waals surface area contributed by atoms with E-state index in [1.54, 1.807) is 37.1 Å². The number of hydrogen-bond acceptors (Lipinski definition) is 8. The van der Waals surface area contributed by atoms with Crippen LogP contribution in [0.3, 0.4) is 0 Å². The van der Waals surface area contributed by atoms with Gasteiger partial charge in [0.05, 0.1) is 31.5 Å². The molecule has 0 atom stereocenters. The second-order valence-electron chi connectivity index (χ2n) is 8.01. The van der Waals surface area contributed by atoms with Crippen molar-refractivity contribution in [2.24, 2.45) is 0 Å². The van der Waals surface area contributed by atoms with Crippen molar-refractivity contribution < 1.29 is 28.5 Å². The van der Waals surface area contributed by atoms with E-state index < -0.39 is 6.09 Å². The average Bonchev–Trinajstić information content (AvgIpc) is 3.62. The van der Waals surface area contributed by atoms with Crippen LogP contribution < -0.4 is 19.1 Å². The summed E-state index contributed by atoms with van der Waals surface area (Å²) in [7, 11) is 3.15. The van der Waals surface area contributed by atoms with E-state index >= 15 is 0 Å². The third kappa shape index (κ3) is 3.69. The zero-order chi connectivity index (χ0) is 24.1. The van der Waals surface area contributed by atoms with E-state index in [1.807, 2.05) is 24.3 Å². The van der Waals surface area contributed by atoms with Crippen LogP contribution >= 0.6 is 11.3 Å². The number of anilines is 1. The largest absolute Gasteiger partial charge is 0.496 e. The highest BCUT2D eigenvalue weighted by atomic mass is 32.1. The summed E-state index contributed by atoms with van der Waals surface area (Å²) in [5.74, 6) is 1.76. The molecule has 0 saturated heterocycles. The van der Waals surface area contributed by atoms with Crippen LogP contribution in [-0.2, 0) is 13.0 Å². The summed E-state index contributed by atoms with van der Waals surface area (Å²) in [5.41, 5.74) is 3.84. The number of imidazole rings is 1. The molecule has 1 aliphatic rings. The van der Waals surface area contributed by atoms with Crippen molar-refractivity contribution in [3.8, 4) is 28.1 Å². The SMILES string of the molecule is COc1cc(OCc2ccc3c(c2)N(C(=O)O)CC3)c2cc(-c3cn4nc(OC)sc4n3)oc2c1. The lowest BCUT2D eigenvalue weighted by atomic mass is 10.1. The van der Waals surface area contributed by atoms with Gasteiger partial charge in [0, 0.05) is 18.7 Å². The summed E-state index contributed by atoms with van der Waals surface area (Å²) in [4.78, 5) is 18.2. The first-order valence-corrected chi connectivity index (χ1v) is 11.6. The van der Waals surface area contributed by atoms with Crippen LogP contribution in [0.25, 0.3) is 27.4 Å². The van der Waals surface area contributed by atoms with Gasteiger partial charge in [-0.05, 0) is 41.0 Å². The van der Waals surface area contributed by atoms with E-state index in [-0.39, 0.29) is 6.61 Å². The minimum atomic E-state index is -0.949. The molecule has 0 spiro atoms. The normalized spacial score (nSPS) is 12.9. The predicted molar refractivity (Wildman–Crippen MR) is 129 cm³/mol. The molecule has 2 aromatic carbocycles. The van der Waals surface area contributed by atoms with Gasteiger partial charge in [0.2, 0.25) is 4.96 Å². The van der Waals surface area contributed by atoms with Crippen molar-refractivity contribution in [2.45, 2.75) is 13.0 Å². The first kappa shape index (κ1) is 21.3. The highest BCUT2D eigenvalue weighted by molar-refractivity contribution is 7.18. The van der Waals surface area contributed by atoms with Crippen LogP contribution in [0, 0.1) is 0 Å². The number of rotatable bonds is 6. The lowest BCUT2D eigenvalue weighted by Crippen LogP contribution is -2.26. The second-order valence-corrected chi connectivity index (χ2v) is 8.93. The summed E-state index contributed by atoms with van der Waals surface area (Å²) in [5, 5.41) is 15.1. The predicted octanol–water partition coefficient (Wildman–Crippen LogP) is 4.84. The molecule has 1 aliphatic heterocycles. The molecule has 3 aromatic heterocycles. The Balaban J connectivity index is 1.31. The number of nitrogens with zero attached hydrogens (tertiary/aromatic N) is 4. The van der Waals surface area contributed by atoms with E-state index in [0.717, 1.165) is 16.5 Å². The molecule has 0 aliphatic carbocycles. The molecule has 1 amide bonds. The van der Waals surface area contributed by atoms with Crippen molar-refractivity contribution in [1.29, 1.82) is 0 Å². The maximum absolute atomic E-state index is 11.5. The summed E-state index contributed by atoms with van der Waals surface area (Å²) >= 11 is 1.34. The molecule has 6 rings (SSSR count). The lowest BCUT2D eigenvalue weighted by molar-refractivity contribution is 0.202. The monoisotopic (exact) mass is 492 g/mol. The summed E-state index contributed by atoms with van der Waals surface area (Å²) < 4.78 is 24.5. The smallest absolute Gasteiger partial charge is 0.411 e. The maximum Gasteiger partial charge on any atom is 0.411 e. The van der Waals surface area contributed by atoms with Gasteiger partial charge in [-0.2, -0.15) is 0 Å². The minimum absolute atomic E-state index is 0.257. The maximum atomic E-state index is 11.5. The van der Waals surface area contributed by atoms with Crippen molar-refractivity contribution in [2.75, 3.05) is 25.7 Å². The van der Waals surface area contributed by atoms with Crippen LogP contribution in [0.2, 0.25) is 0 Å². The topological polar surface area (TPSA) is 112 Å². The second kappa shape index (κ2) is 8.20. The number of aromatic nitrogens is 3. The fourth-order valence-electron chi connectivity index (χ4n) is 4.20. The zero-order valence-corrected chi connectivity index (χ0v) is 19.7. The van der Waals surface area contributed by atoms with Gasteiger partial charge in [-0.25, -0.2) is 14.3 Å². The van der Waals surface area contributed by atoms with Gasteiger partial charge in [-0.1, -0.05) is 12.1 Å². The highest BCUT2D eigenvalue weighted by Crippen LogP contribution is 2.38. The molecule has 0 bridgehead atoms. The Hall–Kier alpha value is -4.25. The Labute approximate surface area is 202 Å². The highest BCUT2D eigenvalue weighted by Gasteiger charge is 2.24. The van der Waals surface area contributed by atoms with Crippen LogP contribution in [-0.4, -0.2) is 46.6 Å². The van der Waals surface area contributed by atoms with E-state index in [2.05, 4.69) is 10.1 Å². The molecule has 5 aromatic rings. The fraction of sp³-hybridized carbons (Fsp3) is 0.208. The molecular weight excluding hydrogens is 472 g/mol. The summed E-state index contributed by atoms with van der Waals surface area (Å²) in [6.07, 6.45) is 1.54. The van der Waals surface area contributed by atoms with Crippen molar-refractivity contribution in [1.82, 2.24) is 14.6 Å². The first-order valence-electron chi connectivity index (χ1n) is 10.8. The quantitative estimate of drug-likeness (QED) is 0.358. The molecule has 4 heterocycles. The van der Waals surface area contributed by atoms with Gasteiger partial charge >= 0.3 is 6.09 Å². The van der Waals surface area contributed by atoms with Gasteiger partial charge in [0.15, 0.2) is 5.76 Å². The Bertz CT molecular complexity index is 1550. The number of ether oxygens (including phenoxy) is 3. The van der Waals surface area contributed by atoms with Gasteiger partial charge in [0.25, 0.3) is 5.19 Å². The molecule has 0 saturated carbocycles. The minimum Gasteiger partial charge on any atom is -0.496 e. The zero-order valence-electron chi connectivity index (χ0n) is 18.8. The Kier molecular flexibility index (Phi) is 4.99. The molecule has 0 fully saturated rings. The molecule has 178 valence electrons. The number of carbonyl (C=O) groups is 1. The molecular formula is C24H20N4O6S. The number of furan rings is 1. The Morgan fingerprint density at radius 2 is 2.09 bits per heavy atom. The van der Waals surface area contributed by atoms with E-state index in [1.165, 1.54) is 16.2 Å². The Morgan fingerprint density at radius 3 is 2.86 bits per heavy atom. The van der Waals surface area contributed by atoms with Crippen LogP contribution in [0.1, 0.15) is 11.1 Å². The third-order valence-corrected chi connectivity index (χ3v) is 6.81. The Morgan fingerprint density at radius 1 is 1.20 bits per heavy atom. The van der Waals surface area contributed by atoms with Gasteiger partial charge < -0.3 is 23.7 Å². The molecule has 0 radical (unpaired) electrons. The van der Waals surface area contributed by atoms with E-state index in [4.69, 9.17) is 18.6 Å². The number of methoxy groups -OCH3 is 2. The molecule has 35 heavy (non-hydrogen) atoms. The summed E-state index contributed by atoms with van der Waals surface area (Å²) in [6.45, 7) is 0.727. The van der Waals surface area contributed by atoms with Crippen LogP contribution in [0.4, 0.5) is 10.5 Å². The first-order chi connectivity index (χ1) is 17.0. The van der Waals surface area contributed by atoms with E-state index in [0.29, 0.717) is 57.3 Å². The average molecular weight is 493 g/mol. The standard InChI is InChI=1S/C24H20N4O6S/c1-31-15-8-19(33-12-13-3-4-14-5-6-27(24(29)30)18(14)7-13)16-10-21(34-20(16)9-15)17-11-28-22(25-17)35-23(26-28)32-2/h3-4,7-11H,5-6,12H2,1-2H3,(H,29,30). The van der Waals surface area contributed by atoms with Crippen molar-refractivity contribution in [3.63, 3.8) is 0 Å². The fourth-order valence-corrected chi connectivity index (χ4v) is 4.90. The van der Waals surface area contributed by atoms with Gasteiger partial charge in [-0.15, -0.1) is 5.10 Å².